The SMILES string of the molecule is O=C(Cc1ccncc1)NC1CCC(c2ccc(C(O)(C(F)(F)F)C(F)(F)F)cc2)(S(=O)(=O)c2ccc(F)cc2)CC1. The van der Waals surface area contributed by atoms with Crippen molar-refractivity contribution in [2.24, 2.45) is 0 Å². The highest BCUT2D eigenvalue weighted by Crippen LogP contribution is 2.51. The van der Waals surface area contributed by atoms with Crippen LogP contribution in [0.15, 0.2) is 78.0 Å². The molecule has 0 atom stereocenters. The second-order valence-corrected chi connectivity index (χ2v) is 12.4. The van der Waals surface area contributed by atoms with Crippen LogP contribution in [0.3, 0.4) is 0 Å². The van der Waals surface area contributed by atoms with Gasteiger partial charge in [0.2, 0.25) is 5.91 Å². The van der Waals surface area contributed by atoms with Gasteiger partial charge in [-0.1, -0.05) is 24.3 Å². The lowest BCUT2D eigenvalue weighted by molar-refractivity contribution is -0.376. The van der Waals surface area contributed by atoms with Crippen molar-refractivity contribution in [3.8, 4) is 0 Å². The number of halogens is 7. The predicted molar refractivity (Wildman–Crippen MR) is 136 cm³/mol. The summed E-state index contributed by atoms with van der Waals surface area (Å²) in [6, 6.07) is 9.18. The highest BCUT2D eigenvalue weighted by molar-refractivity contribution is 7.92. The predicted octanol–water partition coefficient (Wildman–Crippen LogP) is 5.50. The average molecular weight is 619 g/mol. The molecule has 14 heteroatoms. The molecule has 1 aromatic heterocycles. The molecule has 4 rings (SSSR count). The number of carbonyl (C=O) groups is 1. The zero-order valence-electron chi connectivity index (χ0n) is 21.7. The quantitative estimate of drug-likeness (QED) is 0.269. The van der Waals surface area contributed by atoms with Gasteiger partial charge in [-0.05, 0) is 73.2 Å². The maximum atomic E-state index is 14.0. The van der Waals surface area contributed by atoms with Crippen LogP contribution in [0.5, 0.6) is 0 Å². The number of benzene rings is 2. The van der Waals surface area contributed by atoms with Crippen LogP contribution in [0.1, 0.15) is 42.4 Å². The summed E-state index contributed by atoms with van der Waals surface area (Å²) in [5, 5.41) is 12.6. The monoisotopic (exact) mass is 618 g/mol. The number of aliphatic hydroxyl groups is 1. The number of nitrogens with zero attached hydrogens (tertiary/aromatic N) is 1. The maximum absolute atomic E-state index is 14.0. The van der Waals surface area contributed by atoms with E-state index in [9.17, 15) is 49.1 Å². The summed E-state index contributed by atoms with van der Waals surface area (Å²) in [5.74, 6) is -1.05. The van der Waals surface area contributed by atoms with Gasteiger partial charge in [-0.15, -0.1) is 0 Å². The Balaban J connectivity index is 1.68. The van der Waals surface area contributed by atoms with Crippen molar-refractivity contribution in [1.82, 2.24) is 10.3 Å². The number of rotatable bonds is 7. The molecule has 0 radical (unpaired) electrons. The van der Waals surface area contributed by atoms with E-state index >= 15 is 0 Å². The van der Waals surface area contributed by atoms with Crippen LogP contribution in [0.4, 0.5) is 30.7 Å². The Hall–Kier alpha value is -3.52. The lowest BCUT2D eigenvalue weighted by Gasteiger charge is -2.40. The van der Waals surface area contributed by atoms with Crippen LogP contribution >= 0.6 is 0 Å². The molecule has 0 bridgehead atoms. The molecule has 0 unspecified atom stereocenters. The third-order valence-corrected chi connectivity index (χ3v) is 10.1. The second kappa shape index (κ2) is 11.3. The first-order valence-electron chi connectivity index (χ1n) is 12.7. The number of hydrogen-bond donors (Lipinski definition) is 2. The smallest absolute Gasteiger partial charge is 0.369 e. The van der Waals surface area contributed by atoms with Crippen LogP contribution in [-0.2, 0) is 31.4 Å². The number of carbonyl (C=O) groups excluding carboxylic acids is 1. The Morgan fingerprint density at radius 1 is 0.881 bits per heavy atom. The van der Waals surface area contributed by atoms with E-state index in [0.29, 0.717) is 17.7 Å². The van der Waals surface area contributed by atoms with E-state index in [1.165, 1.54) is 12.4 Å². The highest BCUT2D eigenvalue weighted by Gasteiger charge is 2.71. The second-order valence-electron chi connectivity index (χ2n) is 10.1. The molecule has 2 N–H and O–H groups in total. The fraction of sp³-hybridized carbons (Fsp3) is 0.357. The van der Waals surface area contributed by atoms with E-state index in [1.54, 1.807) is 12.1 Å². The number of alkyl halides is 6. The summed E-state index contributed by atoms with van der Waals surface area (Å²) in [4.78, 5) is 16.1. The van der Waals surface area contributed by atoms with Crippen LogP contribution in [-0.4, -0.2) is 42.8 Å². The maximum Gasteiger partial charge on any atom is 0.430 e. The Morgan fingerprint density at radius 3 is 1.90 bits per heavy atom. The molecular weight excluding hydrogens is 593 g/mol. The Kier molecular flexibility index (Phi) is 8.44. The number of pyridine rings is 1. The number of amides is 1. The molecule has 2 aromatic carbocycles. The zero-order valence-corrected chi connectivity index (χ0v) is 22.5. The topological polar surface area (TPSA) is 96.4 Å². The Bertz CT molecular complexity index is 1490. The molecule has 0 spiro atoms. The average Bonchev–Trinajstić information content (AvgIpc) is 2.92. The molecule has 1 aliphatic rings. The molecule has 1 amide bonds. The Morgan fingerprint density at radius 2 is 1.40 bits per heavy atom. The molecule has 1 fully saturated rings. The molecule has 1 heterocycles. The van der Waals surface area contributed by atoms with E-state index in [4.69, 9.17) is 0 Å². The minimum atomic E-state index is -6.11. The highest BCUT2D eigenvalue weighted by atomic mass is 32.2. The molecule has 0 saturated heterocycles. The fourth-order valence-corrected chi connectivity index (χ4v) is 7.41. The molecule has 226 valence electrons. The van der Waals surface area contributed by atoms with Crippen LogP contribution < -0.4 is 5.32 Å². The van der Waals surface area contributed by atoms with Crippen molar-refractivity contribution in [3.05, 3.63) is 95.6 Å². The van der Waals surface area contributed by atoms with Gasteiger partial charge < -0.3 is 10.4 Å². The van der Waals surface area contributed by atoms with Crippen LogP contribution in [0.25, 0.3) is 0 Å². The number of nitrogens with one attached hydrogen (secondary N) is 1. The van der Waals surface area contributed by atoms with Gasteiger partial charge in [0, 0.05) is 24.0 Å². The van der Waals surface area contributed by atoms with Gasteiger partial charge in [-0.25, -0.2) is 12.8 Å². The van der Waals surface area contributed by atoms with Gasteiger partial charge in [0.25, 0.3) is 5.60 Å². The van der Waals surface area contributed by atoms with Crippen LogP contribution in [0.2, 0.25) is 0 Å². The van der Waals surface area contributed by atoms with Gasteiger partial charge in [0.1, 0.15) is 10.6 Å². The largest absolute Gasteiger partial charge is 0.430 e. The minimum absolute atomic E-state index is 0.0425. The zero-order chi connectivity index (χ0) is 31.0. The third kappa shape index (κ3) is 5.74. The molecule has 6 nitrogen and oxygen atoms in total. The van der Waals surface area contributed by atoms with Crippen molar-refractivity contribution in [2.75, 3.05) is 0 Å². The summed E-state index contributed by atoms with van der Waals surface area (Å²) in [7, 11) is -4.39. The van der Waals surface area contributed by atoms with Crippen molar-refractivity contribution in [1.29, 1.82) is 0 Å². The molecule has 42 heavy (non-hydrogen) atoms. The first-order chi connectivity index (χ1) is 19.5. The first-order valence-corrected chi connectivity index (χ1v) is 14.1. The van der Waals surface area contributed by atoms with E-state index in [2.05, 4.69) is 10.3 Å². The summed E-state index contributed by atoms with van der Waals surface area (Å²) < 4.78 is 120. The summed E-state index contributed by atoms with van der Waals surface area (Å²) in [6.07, 6.45) is -9.24. The molecule has 1 saturated carbocycles. The number of sulfone groups is 1. The van der Waals surface area contributed by atoms with E-state index < -0.39 is 50.0 Å². The lowest BCUT2D eigenvalue weighted by Crippen LogP contribution is -2.54. The summed E-state index contributed by atoms with van der Waals surface area (Å²) in [5.41, 5.74) is -6.12. The van der Waals surface area contributed by atoms with E-state index in [-0.39, 0.29) is 48.5 Å². The standard InChI is InChI=1S/C28H25F7N2O4S/c29-21-5-7-23(8-6-21)42(40,41)25(13-9-22(10-14-25)37-24(38)17-18-11-15-36-16-12-18)19-1-3-20(4-2-19)26(39,27(30,31)32)28(33,34)35/h1-8,11-12,15-16,22,39H,9-10,13-14,17H2,(H,37,38). The molecule has 0 aliphatic heterocycles. The van der Waals surface area contributed by atoms with Crippen molar-refractivity contribution in [2.45, 2.75) is 65.7 Å². The Labute approximate surface area is 236 Å². The molecular formula is C28H25F7N2O4S. The normalized spacial score (nSPS) is 20.2. The number of aromatic nitrogens is 1. The summed E-state index contributed by atoms with van der Waals surface area (Å²) >= 11 is 0. The lowest BCUT2D eigenvalue weighted by atomic mass is 9.79. The van der Waals surface area contributed by atoms with Gasteiger partial charge >= 0.3 is 12.4 Å². The van der Waals surface area contributed by atoms with E-state index in [1.807, 2.05) is 0 Å². The number of hydrogen-bond acceptors (Lipinski definition) is 5. The van der Waals surface area contributed by atoms with Crippen molar-refractivity contribution in [3.63, 3.8) is 0 Å². The van der Waals surface area contributed by atoms with Crippen molar-refractivity contribution < 1.29 is 49.1 Å². The van der Waals surface area contributed by atoms with Gasteiger partial charge in [-0.3, -0.25) is 9.78 Å². The van der Waals surface area contributed by atoms with E-state index in [0.717, 1.165) is 36.4 Å². The van der Waals surface area contributed by atoms with Gasteiger partial charge in [0.05, 0.1) is 11.3 Å². The first kappa shape index (κ1) is 31.4. The van der Waals surface area contributed by atoms with Crippen LogP contribution in [0, 0.1) is 5.82 Å². The van der Waals surface area contributed by atoms with Crippen molar-refractivity contribution >= 4 is 15.7 Å². The fourth-order valence-electron chi connectivity index (χ4n) is 5.25. The third-order valence-electron chi connectivity index (χ3n) is 7.56. The summed E-state index contributed by atoms with van der Waals surface area (Å²) in [6.45, 7) is 0. The molecule has 3 aromatic rings. The minimum Gasteiger partial charge on any atom is -0.369 e. The van der Waals surface area contributed by atoms with Gasteiger partial charge in [0.15, 0.2) is 9.84 Å². The molecule has 1 aliphatic carbocycles. The van der Waals surface area contributed by atoms with Gasteiger partial charge in [-0.2, -0.15) is 26.3 Å².